The van der Waals surface area contributed by atoms with Gasteiger partial charge in [0.1, 0.15) is 5.82 Å². The second-order valence-corrected chi connectivity index (χ2v) is 6.15. The molecular formula is C16H20FN5O2. The molecule has 1 amide bonds. The first-order valence-electron chi connectivity index (χ1n) is 7.83. The summed E-state index contributed by atoms with van der Waals surface area (Å²) in [6, 6.07) is 6.35. The summed E-state index contributed by atoms with van der Waals surface area (Å²) in [5, 5.41) is 20.9. The maximum absolute atomic E-state index is 13.5. The molecule has 3 rings (SSSR count). The van der Waals surface area contributed by atoms with Crippen LogP contribution >= 0.6 is 0 Å². The predicted molar refractivity (Wildman–Crippen MR) is 84.3 cm³/mol. The quantitative estimate of drug-likeness (QED) is 0.787. The fraction of sp³-hybridized carbons (Fsp3) is 0.438. The van der Waals surface area contributed by atoms with Crippen LogP contribution in [0.3, 0.4) is 0 Å². The molecular weight excluding hydrogens is 313 g/mol. The van der Waals surface area contributed by atoms with Gasteiger partial charge in [-0.1, -0.05) is 23.4 Å². The standard InChI is InChI=1S/C16H20FN5O2/c17-14-4-2-1-3-13(14)9-18-15(23)10-21-7-5-16(24,11-21)12-22-8-6-19-20-22/h1-4,6,8,24H,5,7,9-12H2,(H,18,23). The van der Waals surface area contributed by atoms with Gasteiger partial charge in [0.15, 0.2) is 0 Å². The summed E-state index contributed by atoms with van der Waals surface area (Å²) < 4.78 is 15.1. The molecule has 1 saturated heterocycles. The van der Waals surface area contributed by atoms with Crippen molar-refractivity contribution in [2.24, 2.45) is 0 Å². The van der Waals surface area contributed by atoms with E-state index in [1.165, 1.54) is 6.07 Å². The van der Waals surface area contributed by atoms with E-state index < -0.39 is 5.60 Å². The number of likely N-dealkylation sites (tertiary alicyclic amines) is 1. The maximum Gasteiger partial charge on any atom is 0.234 e. The van der Waals surface area contributed by atoms with E-state index >= 15 is 0 Å². The average molecular weight is 333 g/mol. The molecule has 128 valence electrons. The highest BCUT2D eigenvalue weighted by Crippen LogP contribution is 2.22. The van der Waals surface area contributed by atoms with Crippen LogP contribution in [0.4, 0.5) is 4.39 Å². The van der Waals surface area contributed by atoms with E-state index in [0.29, 0.717) is 31.6 Å². The lowest BCUT2D eigenvalue weighted by molar-refractivity contribution is -0.122. The van der Waals surface area contributed by atoms with Crippen LogP contribution < -0.4 is 5.32 Å². The van der Waals surface area contributed by atoms with Gasteiger partial charge < -0.3 is 10.4 Å². The van der Waals surface area contributed by atoms with Crippen molar-refractivity contribution in [1.82, 2.24) is 25.2 Å². The van der Waals surface area contributed by atoms with E-state index in [1.54, 1.807) is 35.3 Å². The van der Waals surface area contributed by atoms with Gasteiger partial charge in [-0.05, 0) is 12.5 Å². The number of aromatic nitrogens is 3. The SMILES string of the molecule is O=C(CN1CCC(O)(Cn2ccnn2)C1)NCc1ccccc1F. The summed E-state index contributed by atoms with van der Waals surface area (Å²) in [6.45, 7) is 1.69. The highest BCUT2D eigenvalue weighted by Gasteiger charge is 2.37. The van der Waals surface area contributed by atoms with Crippen molar-refractivity contribution in [3.8, 4) is 0 Å². The Morgan fingerprint density at radius 1 is 1.42 bits per heavy atom. The van der Waals surface area contributed by atoms with Crippen LogP contribution in [0, 0.1) is 5.82 Å². The van der Waals surface area contributed by atoms with Crippen LogP contribution in [-0.2, 0) is 17.9 Å². The van der Waals surface area contributed by atoms with Crippen LogP contribution in [0.15, 0.2) is 36.7 Å². The van der Waals surface area contributed by atoms with E-state index in [2.05, 4.69) is 15.6 Å². The third-order valence-electron chi connectivity index (χ3n) is 4.14. The highest BCUT2D eigenvalue weighted by atomic mass is 19.1. The summed E-state index contributed by atoms with van der Waals surface area (Å²) in [4.78, 5) is 13.9. The van der Waals surface area contributed by atoms with Crippen molar-refractivity contribution in [3.05, 3.63) is 48.0 Å². The molecule has 0 spiro atoms. The largest absolute Gasteiger partial charge is 0.387 e. The van der Waals surface area contributed by atoms with Gasteiger partial charge in [-0.3, -0.25) is 9.69 Å². The monoisotopic (exact) mass is 333 g/mol. The summed E-state index contributed by atoms with van der Waals surface area (Å²) in [5.74, 6) is -0.524. The Labute approximate surface area is 139 Å². The van der Waals surface area contributed by atoms with Crippen molar-refractivity contribution < 1.29 is 14.3 Å². The molecule has 1 aliphatic heterocycles. The zero-order valence-electron chi connectivity index (χ0n) is 13.2. The van der Waals surface area contributed by atoms with Crippen molar-refractivity contribution in [1.29, 1.82) is 0 Å². The van der Waals surface area contributed by atoms with E-state index in [1.807, 2.05) is 4.90 Å². The predicted octanol–water partition coefficient (Wildman–Crippen LogP) is 0.170. The smallest absolute Gasteiger partial charge is 0.234 e. The Balaban J connectivity index is 1.46. The summed E-state index contributed by atoms with van der Waals surface area (Å²) in [6.07, 6.45) is 3.82. The second kappa shape index (κ2) is 7.06. The lowest BCUT2D eigenvalue weighted by Crippen LogP contribution is -2.41. The van der Waals surface area contributed by atoms with E-state index in [4.69, 9.17) is 0 Å². The minimum Gasteiger partial charge on any atom is -0.387 e. The Morgan fingerprint density at radius 3 is 3.00 bits per heavy atom. The Kier molecular flexibility index (Phi) is 4.86. The molecule has 2 heterocycles. The van der Waals surface area contributed by atoms with Gasteiger partial charge in [0.25, 0.3) is 0 Å². The molecule has 0 bridgehead atoms. The van der Waals surface area contributed by atoms with Gasteiger partial charge in [-0.25, -0.2) is 9.07 Å². The van der Waals surface area contributed by atoms with E-state index in [0.717, 1.165) is 0 Å². The first kappa shape index (κ1) is 16.5. The fourth-order valence-corrected chi connectivity index (χ4v) is 2.92. The van der Waals surface area contributed by atoms with E-state index in [9.17, 15) is 14.3 Å². The number of benzene rings is 1. The third-order valence-corrected chi connectivity index (χ3v) is 4.14. The number of carbonyl (C=O) groups is 1. The lowest BCUT2D eigenvalue weighted by atomic mass is 10.0. The number of amides is 1. The van der Waals surface area contributed by atoms with E-state index in [-0.39, 0.29) is 24.8 Å². The van der Waals surface area contributed by atoms with Gasteiger partial charge >= 0.3 is 0 Å². The highest BCUT2D eigenvalue weighted by molar-refractivity contribution is 5.78. The molecule has 1 fully saturated rings. The molecule has 7 nitrogen and oxygen atoms in total. The molecule has 1 unspecified atom stereocenters. The Morgan fingerprint density at radius 2 is 2.25 bits per heavy atom. The minimum absolute atomic E-state index is 0.155. The van der Waals surface area contributed by atoms with Crippen molar-refractivity contribution >= 4 is 5.91 Å². The summed E-state index contributed by atoms with van der Waals surface area (Å²) in [7, 11) is 0. The number of hydrogen-bond acceptors (Lipinski definition) is 5. The number of nitrogens with one attached hydrogen (secondary N) is 1. The number of β-amino-alcohol motifs (C(OH)–C–C–N with tert-alkyl or cyclic N) is 1. The molecule has 2 aromatic rings. The van der Waals surface area contributed by atoms with Crippen molar-refractivity contribution in [3.63, 3.8) is 0 Å². The van der Waals surface area contributed by atoms with Crippen LogP contribution in [0.2, 0.25) is 0 Å². The van der Waals surface area contributed by atoms with Crippen LogP contribution in [0.25, 0.3) is 0 Å². The normalized spacial score (nSPS) is 21.1. The molecule has 1 atom stereocenters. The van der Waals surface area contributed by atoms with Crippen LogP contribution in [0.5, 0.6) is 0 Å². The minimum atomic E-state index is -0.917. The van der Waals surface area contributed by atoms with Crippen LogP contribution in [-0.4, -0.2) is 56.1 Å². The topological polar surface area (TPSA) is 83.3 Å². The first-order chi connectivity index (χ1) is 11.5. The van der Waals surface area contributed by atoms with Crippen molar-refractivity contribution in [2.45, 2.75) is 25.1 Å². The molecule has 1 aliphatic rings. The molecule has 0 saturated carbocycles. The van der Waals surface area contributed by atoms with Gasteiger partial charge in [0, 0.05) is 31.4 Å². The van der Waals surface area contributed by atoms with Crippen LogP contribution in [0.1, 0.15) is 12.0 Å². The first-order valence-corrected chi connectivity index (χ1v) is 7.83. The average Bonchev–Trinajstić information content (AvgIpc) is 3.17. The number of nitrogens with zero attached hydrogens (tertiary/aromatic N) is 4. The zero-order chi connectivity index (χ0) is 17.0. The molecule has 8 heteroatoms. The van der Waals surface area contributed by atoms with Gasteiger partial charge in [0.05, 0.1) is 24.9 Å². The summed E-state index contributed by atoms with van der Waals surface area (Å²) >= 11 is 0. The van der Waals surface area contributed by atoms with Gasteiger partial charge in [-0.2, -0.15) is 0 Å². The molecule has 24 heavy (non-hydrogen) atoms. The molecule has 1 aromatic heterocycles. The molecule has 2 N–H and O–H groups in total. The van der Waals surface area contributed by atoms with Crippen molar-refractivity contribution in [2.75, 3.05) is 19.6 Å². The Bertz CT molecular complexity index is 694. The number of hydrogen-bond donors (Lipinski definition) is 2. The number of carbonyl (C=O) groups excluding carboxylic acids is 1. The number of halogens is 1. The van der Waals surface area contributed by atoms with Gasteiger partial charge in [-0.15, -0.1) is 5.10 Å². The fourth-order valence-electron chi connectivity index (χ4n) is 2.92. The summed E-state index contributed by atoms with van der Waals surface area (Å²) in [5.41, 5.74) is -0.463. The zero-order valence-corrected chi connectivity index (χ0v) is 13.2. The number of aliphatic hydroxyl groups is 1. The third kappa shape index (κ3) is 4.15. The maximum atomic E-state index is 13.5. The lowest BCUT2D eigenvalue weighted by Gasteiger charge is -2.22. The molecule has 1 aromatic carbocycles. The Hall–Kier alpha value is -2.32. The second-order valence-electron chi connectivity index (χ2n) is 6.15. The molecule has 0 aliphatic carbocycles. The molecule has 0 radical (unpaired) electrons. The number of rotatable bonds is 6. The van der Waals surface area contributed by atoms with Gasteiger partial charge in [0.2, 0.25) is 5.91 Å².